The fourth-order valence-electron chi connectivity index (χ4n) is 1.19. The summed E-state index contributed by atoms with van der Waals surface area (Å²) < 4.78 is 0. The number of hydrogen-bond donors (Lipinski definition) is 0. The van der Waals surface area contributed by atoms with Gasteiger partial charge in [-0.05, 0) is 29.3 Å². The van der Waals surface area contributed by atoms with Crippen LogP contribution < -0.4 is 5.30 Å². The van der Waals surface area contributed by atoms with E-state index in [0.29, 0.717) is 0 Å². The molecule has 0 heterocycles. The van der Waals surface area contributed by atoms with Crippen molar-refractivity contribution >= 4 is 14.5 Å². The molecule has 0 amide bonds. The lowest BCUT2D eigenvalue weighted by molar-refractivity contribution is 1.11. The molecule has 1 rings (SSSR count). The van der Waals surface area contributed by atoms with Crippen molar-refractivity contribution in [3.05, 3.63) is 29.3 Å². The molecule has 0 nitrogen and oxygen atoms in total. The van der Waals surface area contributed by atoms with Crippen molar-refractivity contribution in [1.29, 1.82) is 0 Å². The molecule has 0 aliphatic rings. The standard InChI is InChI=1S/C10H15P/c1-3-8-5-6-9(4-2)10(11)7-8/h5-7H,3-4,11H2,1-2H3. The lowest BCUT2D eigenvalue weighted by Gasteiger charge is -2.03. The van der Waals surface area contributed by atoms with E-state index in [0.717, 1.165) is 12.8 Å². The van der Waals surface area contributed by atoms with Gasteiger partial charge < -0.3 is 0 Å². The van der Waals surface area contributed by atoms with Crippen LogP contribution in [0.25, 0.3) is 0 Å². The van der Waals surface area contributed by atoms with Gasteiger partial charge in [-0.15, -0.1) is 9.24 Å². The number of rotatable bonds is 2. The van der Waals surface area contributed by atoms with Crippen LogP contribution in [-0.2, 0) is 12.8 Å². The van der Waals surface area contributed by atoms with Crippen molar-refractivity contribution in [2.75, 3.05) is 0 Å². The summed E-state index contributed by atoms with van der Waals surface area (Å²) in [6.07, 6.45) is 2.26. The van der Waals surface area contributed by atoms with Crippen LogP contribution in [0.1, 0.15) is 25.0 Å². The molecule has 1 aromatic rings. The minimum atomic E-state index is 1.13. The molecule has 1 heteroatoms. The first-order valence-corrected chi connectivity index (χ1v) is 4.73. The molecule has 0 aliphatic carbocycles. The van der Waals surface area contributed by atoms with E-state index < -0.39 is 0 Å². The SMILES string of the molecule is CCc1ccc(CC)c(P)c1. The molecule has 1 unspecified atom stereocenters. The third-order valence-corrected chi connectivity index (χ3v) is 2.54. The van der Waals surface area contributed by atoms with E-state index in [2.05, 4.69) is 41.3 Å². The van der Waals surface area contributed by atoms with Gasteiger partial charge in [-0.1, -0.05) is 32.0 Å². The van der Waals surface area contributed by atoms with Gasteiger partial charge in [0.1, 0.15) is 0 Å². The van der Waals surface area contributed by atoms with Gasteiger partial charge in [0.05, 0.1) is 0 Å². The van der Waals surface area contributed by atoms with Crippen molar-refractivity contribution < 1.29 is 0 Å². The summed E-state index contributed by atoms with van der Waals surface area (Å²) in [5, 5.41) is 1.35. The highest BCUT2D eigenvalue weighted by Crippen LogP contribution is 2.06. The Kier molecular flexibility index (Phi) is 3.08. The van der Waals surface area contributed by atoms with Crippen LogP contribution in [0.5, 0.6) is 0 Å². The summed E-state index contributed by atoms with van der Waals surface area (Å²) in [5.41, 5.74) is 2.86. The number of benzene rings is 1. The zero-order valence-electron chi connectivity index (χ0n) is 7.22. The highest BCUT2D eigenvalue weighted by atomic mass is 31.0. The highest BCUT2D eigenvalue weighted by Gasteiger charge is 1.95. The largest absolute Gasteiger partial charge is 0.105 e. The van der Waals surface area contributed by atoms with Gasteiger partial charge >= 0.3 is 0 Å². The van der Waals surface area contributed by atoms with Gasteiger partial charge in [-0.25, -0.2) is 0 Å². The molecular weight excluding hydrogens is 151 g/mol. The van der Waals surface area contributed by atoms with Crippen LogP contribution in [0.2, 0.25) is 0 Å². The predicted molar refractivity (Wildman–Crippen MR) is 54.5 cm³/mol. The summed E-state index contributed by atoms with van der Waals surface area (Å²) in [5.74, 6) is 0. The summed E-state index contributed by atoms with van der Waals surface area (Å²) in [6, 6.07) is 6.69. The van der Waals surface area contributed by atoms with E-state index >= 15 is 0 Å². The summed E-state index contributed by atoms with van der Waals surface area (Å²) in [4.78, 5) is 0. The molecule has 0 bridgehead atoms. The Morgan fingerprint density at radius 1 is 1.18 bits per heavy atom. The quantitative estimate of drug-likeness (QED) is 0.591. The van der Waals surface area contributed by atoms with Gasteiger partial charge in [-0.3, -0.25) is 0 Å². The van der Waals surface area contributed by atoms with E-state index in [1.807, 2.05) is 0 Å². The third-order valence-electron chi connectivity index (χ3n) is 2.00. The van der Waals surface area contributed by atoms with E-state index in [4.69, 9.17) is 0 Å². The number of hydrogen-bond acceptors (Lipinski definition) is 0. The first-order chi connectivity index (χ1) is 5.27. The molecule has 0 radical (unpaired) electrons. The van der Waals surface area contributed by atoms with Crippen molar-refractivity contribution in [3.8, 4) is 0 Å². The van der Waals surface area contributed by atoms with Crippen LogP contribution in [0.15, 0.2) is 18.2 Å². The topological polar surface area (TPSA) is 0 Å². The zero-order valence-corrected chi connectivity index (χ0v) is 8.38. The maximum absolute atomic E-state index is 2.79. The first kappa shape index (κ1) is 8.74. The average molecular weight is 166 g/mol. The monoisotopic (exact) mass is 166 g/mol. The molecule has 0 aromatic heterocycles. The smallest absolute Gasteiger partial charge is 0.0268 e. The van der Waals surface area contributed by atoms with E-state index in [1.165, 1.54) is 16.4 Å². The van der Waals surface area contributed by atoms with Crippen LogP contribution in [0.3, 0.4) is 0 Å². The molecule has 1 atom stereocenters. The van der Waals surface area contributed by atoms with Crippen molar-refractivity contribution in [3.63, 3.8) is 0 Å². The summed E-state index contributed by atoms with van der Waals surface area (Å²) in [6.45, 7) is 4.37. The van der Waals surface area contributed by atoms with Crippen LogP contribution in [-0.4, -0.2) is 0 Å². The molecule has 1 aromatic carbocycles. The second-order valence-electron chi connectivity index (χ2n) is 2.74. The Morgan fingerprint density at radius 2 is 1.91 bits per heavy atom. The molecule has 0 N–H and O–H groups in total. The number of aryl methyl sites for hydroxylation is 2. The molecular formula is C10H15P. The van der Waals surface area contributed by atoms with E-state index in [1.54, 1.807) is 0 Å². The Hall–Kier alpha value is -0.350. The maximum atomic E-state index is 2.79. The van der Waals surface area contributed by atoms with Gasteiger partial charge in [0, 0.05) is 0 Å². The van der Waals surface area contributed by atoms with Crippen molar-refractivity contribution in [2.24, 2.45) is 0 Å². The summed E-state index contributed by atoms with van der Waals surface area (Å²) in [7, 11) is 2.79. The fraction of sp³-hybridized carbons (Fsp3) is 0.400. The molecule has 0 spiro atoms. The fourth-order valence-corrected chi connectivity index (χ4v) is 1.70. The highest BCUT2D eigenvalue weighted by molar-refractivity contribution is 7.27. The Bertz CT molecular complexity index is 241. The van der Waals surface area contributed by atoms with Gasteiger partial charge in [-0.2, -0.15) is 0 Å². The van der Waals surface area contributed by atoms with Gasteiger partial charge in [0.2, 0.25) is 0 Å². The second-order valence-corrected chi connectivity index (χ2v) is 3.36. The van der Waals surface area contributed by atoms with Crippen LogP contribution in [0.4, 0.5) is 0 Å². The molecule has 60 valence electrons. The second kappa shape index (κ2) is 3.88. The lowest BCUT2D eigenvalue weighted by Crippen LogP contribution is -2.01. The lowest BCUT2D eigenvalue weighted by atomic mass is 10.1. The Morgan fingerprint density at radius 3 is 2.36 bits per heavy atom. The maximum Gasteiger partial charge on any atom is -0.0268 e. The molecule has 0 fully saturated rings. The van der Waals surface area contributed by atoms with Crippen molar-refractivity contribution in [2.45, 2.75) is 26.7 Å². The molecule has 0 saturated carbocycles. The molecule has 0 aliphatic heterocycles. The molecule has 11 heavy (non-hydrogen) atoms. The van der Waals surface area contributed by atoms with Crippen LogP contribution in [0, 0.1) is 0 Å². The van der Waals surface area contributed by atoms with E-state index in [9.17, 15) is 0 Å². The van der Waals surface area contributed by atoms with E-state index in [-0.39, 0.29) is 0 Å². The van der Waals surface area contributed by atoms with Crippen molar-refractivity contribution in [1.82, 2.24) is 0 Å². The third kappa shape index (κ3) is 2.04. The Labute approximate surface area is 71.2 Å². The van der Waals surface area contributed by atoms with Crippen LogP contribution >= 0.6 is 9.24 Å². The average Bonchev–Trinajstić information content (AvgIpc) is 2.04. The van der Waals surface area contributed by atoms with Gasteiger partial charge in [0.25, 0.3) is 0 Å². The predicted octanol–water partition coefficient (Wildman–Crippen LogP) is 2.31. The normalized spacial score (nSPS) is 10.1. The summed E-state index contributed by atoms with van der Waals surface area (Å²) >= 11 is 0. The van der Waals surface area contributed by atoms with Gasteiger partial charge in [0.15, 0.2) is 0 Å². The minimum absolute atomic E-state index is 1.13. The minimum Gasteiger partial charge on any atom is -0.105 e. The molecule has 0 saturated heterocycles. The Balaban J connectivity index is 2.99. The zero-order chi connectivity index (χ0) is 8.27. The first-order valence-electron chi connectivity index (χ1n) is 4.15.